The van der Waals surface area contributed by atoms with E-state index in [1.807, 2.05) is 13.0 Å². The molecule has 0 unspecified atom stereocenters. The fraction of sp³-hybridized carbons (Fsp3) is 0.143. The normalized spacial score (nSPS) is 10.5. The van der Waals surface area contributed by atoms with E-state index in [2.05, 4.69) is 26.3 Å². The van der Waals surface area contributed by atoms with E-state index in [-0.39, 0.29) is 0 Å². The molecule has 30 heavy (non-hydrogen) atoms. The Morgan fingerprint density at radius 1 is 1.13 bits per heavy atom. The Bertz CT molecular complexity index is 1180. The van der Waals surface area contributed by atoms with E-state index in [9.17, 15) is 14.4 Å². The van der Waals surface area contributed by atoms with Crippen LogP contribution in [0.15, 0.2) is 57.8 Å². The molecule has 0 spiro atoms. The van der Waals surface area contributed by atoms with E-state index in [0.29, 0.717) is 22.1 Å². The van der Waals surface area contributed by atoms with E-state index >= 15 is 0 Å². The largest absolute Gasteiger partial charge is 0.451 e. The lowest BCUT2D eigenvalue weighted by Gasteiger charge is -2.12. The average Bonchev–Trinajstić information content (AvgIpc) is 2.69. The molecule has 0 fully saturated rings. The van der Waals surface area contributed by atoms with Gasteiger partial charge in [0.05, 0.1) is 5.69 Å². The lowest BCUT2D eigenvalue weighted by molar-refractivity contribution is -0.119. The first-order chi connectivity index (χ1) is 14.2. The van der Waals surface area contributed by atoms with Crippen LogP contribution in [0.25, 0.3) is 5.69 Å². The number of ether oxygens (including phenoxy) is 1. The number of amides is 1. The number of aromatic nitrogens is 2. The van der Waals surface area contributed by atoms with Crippen molar-refractivity contribution in [2.24, 2.45) is 0 Å². The van der Waals surface area contributed by atoms with Crippen LogP contribution in [-0.4, -0.2) is 28.3 Å². The van der Waals surface area contributed by atoms with Gasteiger partial charge >= 0.3 is 5.97 Å². The monoisotopic (exact) mass is 489 g/mol. The van der Waals surface area contributed by atoms with Crippen molar-refractivity contribution in [3.63, 3.8) is 0 Å². The van der Waals surface area contributed by atoms with Gasteiger partial charge < -0.3 is 10.1 Å². The summed E-state index contributed by atoms with van der Waals surface area (Å²) in [4.78, 5) is 36.7. The van der Waals surface area contributed by atoms with Crippen LogP contribution >= 0.6 is 27.5 Å². The number of esters is 1. The Balaban J connectivity index is 1.73. The second kappa shape index (κ2) is 9.23. The summed E-state index contributed by atoms with van der Waals surface area (Å²) >= 11 is 9.25. The maximum atomic E-state index is 12.4. The Labute approximate surface area is 185 Å². The van der Waals surface area contributed by atoms with Crippen molar-refractivity contribution in [2.75, 3.05) is 11.9 Å². The molecule has 3 rings (SSSR count). The number of carbonyl (C=O) groups is 2. The predicted molar refractivity (Wildman–Crippen MR) is 117 cm³/mol. The zero-order chi connectivity index (χ0) is 21.8. The van der Waals surface area contributed by atoms with E-state index in [1.165, 1.54) is 10.7 Å². The SMILES string of the molecule is Cc1cc(Br)ccc1NC(=O)COC(=O)c1nn(-c2ccc(Cl)cc2)c(C)cc1=O. The average molecular weight is 491 g/mol. The third kappa shape index (κ3) is 5.14. The van der Waals surface area contributed by atoms with Crippen LogP contribution in [0, 0.1) is 13.8 Å². The van der Waals surface area contributed by atoms with Gasteiger partial charge in [-0.05, 0) is 61.9 Å². The van der Waals surface area contributed by atoms with Gasteiger partial charge in [0, 0.05) is 26.9 Å². The first-order valence-electron chi connectivity index (χ1n) is 8.84. The number of rotatable bonds is 5. The molecule has 0 saturated heterocycles. The van der Waals surface area contributed by atoms with Crippen LogP contribution < -0.4 is 10.7 Å². The van der Waals surface area contributed by atoms with E-state index in [4.69, 9.17) is 16.3 Å². The molecule has 0 aliphatic heterocycles. The summed E-state index contributed by atoms with van der Waals surface area (Å²) in [7, 11) is 0. The number of carbonyl (C=O) groups excluding carboxylic acids is 2. The number of benzene rings is 2. The molecule has 0 saturated carbocycles. The number of hydrogen-bond acceptors (Lipinski definition) is 5. The number of nitrogens with one attached hydrogen (secondary N) is 1. The highest BCUT2D eigenvalue weighted by molar-refractivity contribution is 9.10. The first kappa shape index (κ1) is 21.7. The van der Waals surface area contributed by atoms with E-state index < -0.39 is 29.6 Å². The summed E-state index contributed by atoms with van der Waals surface area (Å²) in [5.41, 5.74) is 1.58. The molecular formula is C21H17BrClN3O4. The molecule has 154 valence electrons. The standard InChI is InChI=1S/C21H17BrClN3O4/c1-12-9-14(22)3-8-17(12)24-19(28)11-30-21(29)20-18(27)10-13(2)26(25-20)16-6-4-15(23)5-7-16/h3-10H,11H2,1-2H3,(H,24,28). The zero-order valence-corrected chi connectivity index (χ0v) is 18.5. The van der Waals surface area contributed by atoms with Crippen molar-refractivity contribution >= 4 is 45.1 Å². The van der Waals surface area contributed by atoms with Crippen molar-refractivity contribution < 1.29 is 14.3 Å². The van der Waals surface area contributed by atoms with E-state index in [0.717, 1.165) is 10.0 Å². The van der Waals surface area contributed by atoms with Gasteiger partial charge in [0.15, 0.2) is 6.61 Å². The number of halogens is 2. The van der Waals surface area contributed by atoms with Gasteiger partial charge in [-0.25, -0.2) is 9.48 Å². The third-order valence-electron chi connectivity index (χ3n) is 4.17. The molecule has 2 aromatic carbocycles. The highest BCUT2D eigenvalue weighted by Gasteiger charge is 2.18. The number of aryl methyl sites for hydroxylation is 2. The Morgan fingerprint density at radius 3 is 2.50 bits per heavy atom. The molecule has 3 aromatic rings. The summed E-state index contributed by atoms with van der Waals surface area (Å²) in [6, 6.07) is 13.4. The highest BCUT2D eigenvalue weighted by atomic mass is 79.9. The summed E-state index contributed by atoms with van der Waals surface area (Å²) in [6.07, 6.45) is 0. The van der Waals surface area contributed by atoms with Crippen LogP contribution in [0.5, 0.6) is 0 Å². The quantitative estimate of drug-likeness (QED) is 0.545. The Hall–Kier alpha value is -2.97. The van der Waals surface area contributed by atoms with Crippen LogP contribution in [0.2, 0.25) is 5.02 Å². The molecule has 1 N–H and O–H groups in total. The van der Waals surface area contributed by atoms with Gasteiger partial charge in [-0.3, -0.25) is 9.59 Å². The fourth-order valence-electron chi connectivity index (χ4n) is 2.69. The highest BCUT2D eigenvalue weighted by Crippen LogP contribution is 2.20. The van der Waals surface area contributed by atoms with Crippen molar-refractivity contribution in [2.45, 2.75) is 13.8 Å². The minimum atomic E-state index is -0.981. The third-order valence-corrected chi connectivity index (χ3v) is 4.91. The second-order valence-electron chi connectivity index (χ2n) is 6.47. The maximum Gasteiger partial charge on any atom is 0.363 e. The van der Waals surface area contributed by atoms with Crippen LogP contribution in [0.3, 0.4) is 0 Å². The molecule has 0 aliphatic rings. The van der Waals surface area contributed by atoms with Crippen LogP contribution in [0.1, 0.15) is 21.7 Å². The van der Waals surface area contributed by atoms with Crippen molar-refractivity contribution in [3.8, 4) is 5.69 Å². The fourth-order valence-corrected chi connectivity index (χ4v) is 3.29. The summed E-state index contributed by atoms with van der Waals surface area (Å²) in [6.45, 7) is 2.97. The van der Waals surface area contributed by atoms with Crippen LogP contribution in [0.4, 0.5) is 5.69 Å². The lowest BCUT2D eigenvalue weighted by atomic mass is 10.2. The van der Waals surface area contributed by atoms with Gasteiger partial charge in [0.25, 0.3) is 5.91 Å². The van der Waals surface area contributed by atoms with E-state index in [1.54, 1.807) is 43.3 Å². The van der Waals surface area contributed by atoms with Gasteiger partial charge in [0.2, 0.25) is 11.1 Å². The van der Waals surface area contributed by atoms with Crippen LogP contribution in [-0.2, 0) is 9.53 Å². The summed E-state index contributed by atoms with van der Waals surface area (Å²) in [5, 5.41) is 7.31. The van der Waals surface area contributed by atoms with Gasteiger partial charge in [-0.1, -0.05) is 27.5 Å². The molecule has 0 radical (unpaired) electrons. The maximum absolute atomic E-state index is 12.4. The molecule has 0 bridgehead atoms. The molecule has 9 heteroatoms. The lowest BCUT2D eigenvalue weighted by Crippen LogP contribution is -2.27. The Morgan fingerprint density at radius 2 is 1.83 bits per heavy atom. The summed E-state index contributed by atoms with van der Waals surface area (Å²) < 4.78 is 7.31. The molecule has 1 heterocycles. The first-order valence-corrected chi connectivity index (χ1v) is 10.0. The number of anilines is 1. The number of nitrogens with zero attached hydrogens (tertiary/aromatic N) is 2. The minimum absolute atomic E-state index is 0.414. The van der Waals surface area contributed by atoms with Crippen molar-refractivity contribution in [1.82, 2.24) is 9.78 Å². The molecule has 1 amide bonds. The van der Waals surface area contributed by atoms with Crippen molar-refractivity contribution in [1.29, 1.82) is 0 Å². The van der Waals surface area contributed by atoms with Gasteiger partial charge in [-0.2, -0.15) is 5.10 Å². The minimum Gasteiger partial charge on any atom is -0.451 e. The molecule has 1 aromatic heterocycles. The zero-order valence-electron chi connectivity index (χ0n) is 16.1. The Kier molecular flexibility index (Phi) is 6.69. The summed E-state index contributed by atoms with van der Waals surface area (Å²) in [5.74, 6) is -1.51. The topological polar surface area (TPSA) is 90.3 Å². The number of hydrogen-bond donors (Lipinski definition) is 1. The molecule has 7 nitrogen and oxygen atoms in total. The van der Waals surface area contributed by atoms with Gasteiger partial charge in [0.1, 0.15) is 0 Å². The molecule has 0 aliphatic carbocycles. The van der Waals surface area contributed by atoms with Gasteiger partial charge in [-0.15, -0.1) is 0 Å². The predicted octanol–water partition coefficient (Wildman–Crippen LogP) is 4.06. The smallest absolute Gasteiger partial charge is 0.363 e. The van der Waals surface area contributed by atoms with Crippen molar-refractivity contribution in [3.05, 3.63) is 85.2 Å². The molecular weight excluding hydrogens is 474 g/mol. The molecule has 0 atom stereocenters. The second-order valence-corrected chi connectivity index (χ2v) is 7.82.